The molecule has 1 saturated heterocycles. The topological polar surface area (TPSA) is 51.1 Å². The van der Waals surface area contributed by atoms with Crippen LogP contribution in [0.3, 0.4) is 0 Å². The Bertz CT molecular complexity index is 464. The van der Waals surface area contributed by atoms with Gasteiger partial charge in [0.05, 0.1) is 18.9 Å². The summed E-state index contributed by atoms with van der Waals surface area (Å²) in [5, 5.41) is 12.4. The Kier molecular flexibility index (Phi) is 3.19. The number of hydrogen-bond acceptors (Lipinski definition) is 4. The SMILES string of the molecule is O/N=C1/CCCc2ccc(OC3CCOC3)cc21. The van der Waals surface area contributed by atoms with Gasteiger partial charge in [-0.3, -0.25) is 0 Å². The molecule has 2 aliphatic rings. The van der Waals surface area contributed by atoms with Crippen LogP contribution >= 0.6 is 0 Å². The van der Waals surface area contributed by atoms with E-state index in [1.807, 2.05) is 12.1 Å². The molecule has 1 aromatic carbocycles. The molecule has 1 fully saturated rings. The van der Waals surface area contributed by atoms with Crippen LogP contribution in [0.5, 0.6) is 5.75 Å². The Balaban J connectivity index is 1.84. The molecule has 1 atom stereocenters. The minimum Gasteiger partial charge on any atom is -0.488 e. The molecule has 1 heterocycles. The predicted molar refractivity (Wildman–Crippen MR) is 67.6 cm³/mol. The molecule has 0 aromatic heterocycles. The van der Waals surface area contributed by atoms with Crippen molar-refractivity contribution in [1.29, 1.82) is 0 Å². The van der Waals surface area contributed by atoms with Gasteiger partial charge in [0.25, 0.3) is 0 Å². The summed E-state index contributed by atoms with van der Waals surface area (Å²) in [7, 11) is 0. The van der Waals surface area contributed by atoms with Crippen LogP contribution in [0.4, 0.5) is 0 Å². The van der Waals surface area contributed by atoms with Crippen molar-refractivity contribution in [3.8, 4) is 5.75 Å². The highest BCUT2D eigenvalue weighted by atomic mass is 16.5. The van der Waals surface area contributed by atoms with Gasteiger partial charge in [-0.2, -0.15) is 0 Å². The second-order valence-electron chi connectivity index (χ2n) is 4.82. The number of oxime groups is 1. The van der Waals surface area contributed by atoms with Gasteiger partial charge >= 0.3 is 0 Å². The van der Waals surface area contributed by atoms with E-state index < -0.39 is 0 Å². The van der Waals surface area contributed by atoms with Crippen molar-refractivity contribution in [3.63, 3.8) is 0 Å². The van der Waals surface area contributed by atoms with Crippen molar-refractivity contribution >= 4 is 5.71 Å². The van der Waals surface area contributed by atoms with Crippen LogP contribution < -0.4 is 4.74 Å². The van der Waals surface area contributed by atoms with Gasteiger partial charge in [-0.05, 0) is 37.0 Å². The quantitative estimate of drug-likeness (QED) is 0.644. The van der Waals surface area contributed by atoms with Crippen molar-refractivity contribution in [1.82, 2.24) is 0 Å². The van der Waals surface area contributed by atoms with Crippen LogP contribution in [0, 0.1) is 0 Å². The molecule has 1 unspecified atom stereocenters. The third kappa shape index (κ3) is 2.20. The van der Waals surface area contributed by atoms with Gasteiger partial charge in [0.1, 0.15) is 11.9 Å². The standard InChI is InChI=1S/C14H17NO3/c16-15-14-3-1-2-10-4-5-11(8-13(10)14)18-12-6-7-17-9-12/h4-5,8,12,16H,1-3,6-7,9H2/b15-14-. The maximum Gasteiger partial charge on any atom is 0.124 e. The molecule has 3 rings (SSSR count). The van der Waals surface area contributed by atoms with E-state index in [0.717, 1.165) is 49.3 Å². The molecule has 1 aliphatic heterocycles. The molecule has 18 heavy (non-hydrogen) atoms. The van der Waals surface area contributed by atoms with Crippen molar-refractivity contribution in [3.05, 3.63) is 29.3 Å². The molecule has 1 N–H and O–H groups in total. The first-order valence-corrected chi connectivity index (χ1v) is 6.45. The Hall–Kier alpha value is -1.55. The fourth-order valence-electron chi connectivity index (χ4n) is 2.60. The van der Waals surface area contributed by atoms with E-state index in [2.05, 4.69) is 11.2 Å². The number of nitrogens with zero attached hydrogens (tertiary/aromatic N) is 1. The van der Waals surface area contributed by atoms with Crippen molar-refractivity contribution < 1.29 is 14.7 Å². The summed E-state index contributed by atoms with van der Waals surface area (Å²) in [5.74, 6) is 0.840. The van der Waals surface area contributed by atoms with E-state index in [0.29, 0.717) is 6.61 Å². The van der Waals surface area contributed by atoms with E-state index in [1.54, 1.807) is 0 Å². The molecule has 0 saturated carbocycles. The third-order valence-corrected chi connectivity index (χ3v) is 3.56. The predicted octanol–water partition coefficient (Wildman–Crippen LogP) is 2.37. The molecular formula is C14H17NO3. The molecule has 0 amide bonds. The van der Waals surface area contributed by atoms with Gasteiger partial charge in [0.2, 0.25) is 0 Å². The van der Waals surface area contributed by atoms with Gasteiger partial charge in [-0.1, -0.05) is 11.2 Å². The second kappa shape index (κ2) is 4.98. The third-order valence-electron chi connectivity index (χ3n) is 3.56. The molecule has 1 aliphatic carbocycles. The Morgan fingerprint density at radius 2 is 2.28 bits per heavy atom. The maximum atomic E-state index is 9.04. The zero-order chi connectivity index (χ0) is 12.4. The fraction of sp³-hybridized carbons (Fsp3) is 0.500. The van der Waals surface area contributed by atoms with Gasteiger partial charge in [0.15, 0.2) is 0 Å². The monoisotopic (exact) mass is 247 g/mol. The average molecular weight is 247 g/mol. The van der Waals surface area contributed by atoms with Crippen LogP contribution in [0.15, 0.2) is 23.4 Å². The molecule has 0 bridgehead atoms. The first kappa shape index (κ1) is 11.5. The first-order chi connectivity index (χ1) is 8.86. The summed E-state index contributed by atoms with van der Waals surface area (Å²) in [4.78, 5) is 0. The number of fused-ring (bicyclic) bond motifs is 1. The summed E-state index contributed by atoms with van der Waals surface area (Å²) < 4.78 is 11.2. The molecular weight excluding hydrogens is 230 g/mol. The highest BCUT2D eigenvalue weighted by molar-refractivity contribution is 6.02. The smallest absolute Gasteiger partial charge is 0.124 e. The molecule has 96 valence electrons. The lowest BCUT2D eigenvalue weighted by Crippen LogP contribution is -2.17. The van der Waals surface area contributed by atoms with Crippen LogP contribution in [0.25, 0.3) is 0 Å². The molecule has 4 heteroatoms. The maximum absolute atomic E-state index is 9.04. The van der Waals surface area contributed by atoms with Crippen LogP contribution in [-0.2, 0) is 11.2 Å². The largest absolute Gasteiger partial charge is 0.488 e. The first-order valence-electron chi connectivity index (χ1n) is 6.45. The van der Waals surface area contributed by atoms with Crippen LogP contribution in [-0.4, -0.2) is 30.2 Å². The van der Waals surface area contributed by atoms with Crippen molar-refractivity contribution in [2.75, 3.05) is 13.2 Å². The zero-order valence-electron chi connectivity index (χ0n) is 10.3. The van der Waals surface area contributed by atoms with Crippen LogP contribution in [0.2, 0.25) is 0 Å². The van der Waals surface area contributed by atoms with E-state index in [4.69, 9.17) is 14.7 Å². The highest BCUT2D eigenvalue weighted by Gasteiger charge is 2.20. The fourth-order valence-corrected chi connectivity index (χ4v) is 2.60. The normalized spacial score (nSPS) is 25.1. The summed E-state index contributed by atoms with van der Waals surface area (Å²) in [5.41, 5.74) is 3.04. The second-order valence-corrected chi connectivity index (χ2v) is 4.82. The van der Waals surface area contributed by atoms with E-state index >= 15 is 0 Å². The number of benzene rings is 1. The lowest BCUT2D eigenvalue weighted by atomic mass is 9.90. The van der Waals surface area contributed by atoms with Crippen molar-refractivity contribution in [2.45, 2.75) is 31.8 Å². The number of aryl methyl sites for hydroxylation is 1. The number of ether oxygens (including phenoxy) is 2. The van der Waals surface area contributed by atoms with Gasteiger partial charge in [-0.15, -0.1) is 0 Å². The van der Waals surface area contributed by atoms with Gasteiger partial charge < -0.3 is 14.7 Å². The van der Waals surface area contributed by atoms with E-state index in [9.17, 15) is 0 Å². The minimum absolute atomic E-state index is 0.154. The van der Waals surface area contributed by atoms with E-state index in [-0.39, 0.29) is 6.10 Å². The zero-order valence-corrected chi connectivity index (χ0v) is 10.3. The minimum atomic E-state index is 0.154. The Morgan fingerprint density at radius 3 is 3.06 bits per heavy atom. The van der Waals surface area contributed by atoms with E-state index in [1.165, 1.54) is 5.56 Å². The lowest BCUT2D eigenvalue weighted by Gasteiger charge is -2.19. The number of hydrogen-bond donors (Lipinski definition) is 1. The molecule has 0 radical (unpaired) electrons. The Labute approximate surface area is 106 Å². The molecule has 1 aromatic rings. The molecule has 4 nitrogen and oxygen atoms in total. The average Bonchev–Trinajstić information content (AvgIpc) is 2.91. The lowest BCUT2D eigenvalue weighted by molar-refractivity contribution is 0.141. The van der Waals surface area contributed by atoms with Crippen LogP contribution in [0.1, 0.15) is 30.4 Å². The summed E-state index contributed by atoms with van der Waals surface area (Å²) >= 11 is 0. The highest BCUT2D eigenvalue weighted by Crippen LogP contribution is 2.27. The summed E-state index contributed by atoms with van der Waals surface area (Å²) in [6.07, 6.45) is 4.02. The van der Waals surface area contributed by atoms with Gasteiger partial charge in [0, 0.05) is 12.0 Å². The summed E-state index contributed by atoms with van der Waals surface area (Å²) in [6.45, 7) is 1.44. The van der Waals surface area contributed by atoms with Gasteiger partial charge in [-0.25, -0.2) is 0 Å². The Morgan fingerprint density at radius 1 is 1.33 bits per heavy atom. The number of rotatable bonds is 2. The molecule has 0 spiro atoms. The van der Waals surface area contributed by atoms with Crippen molar-refractivity contribution in [2.24, 2.45) is 5.16 Å². The summed E-state index contributed by atoms with van der Waals surface area (Å²) in [6, 6.07) is 6.06.